The van der Waals surface area contributed by atoms with Crippen LogP contribution in [0.1, 0.15) is 17.0 Å². The normalized spacial score (nSPS) is 11.8. The molecule has 0 fully saturated rings. The predicted molar refractivity (Wildman–Crippen MR) is 82.5 cm³/mol. The Morgan fingerprint density at radius 1 is 1.25 bits per heavy atom. The molecular weight excluding hydrogens is 292 g/mol. The summed E-state index contributed by atoms with van der Waals surface area (Å²) in [5.74, 6) is 0.890. The maximum Gasteiger partial charge on any atom is 0.269 e. The molecule has 1 aromatic carbocycles. The van der Waals surface area contributed by atoms with Gasteiger partial charge in [-0.25, -0.2) is 0 Å². The average Bonchev–Trinajstić information content (AvgIpc) is 3.11. The van der Waals surface area contributed by atoms with Crippen molar-refractivity contribution in [2.45, 2.75) is 6.92 Å². The summed E-state index contributed by atoms with van der Waals surface area (Å²) < 4.78 is 5.19. The quantitative estimate of drug-likeness (QED) is 0.694. The molecule has 0 spiro atoms. The van der Waals surface area contributed by atoms with Crippen LogP contribution >= 0.6 is 22.9 Å². The molecule has 100 valence electrons. The van der Waals surface area contributed by atoms with Gasteiger partial charge in [0.1, 0.15) is 5.03 Å². The van der Waals surface area contributed by atoms with Crippen molar-refractivity contribution in [1.29, 1.82) is 0 Å². The Kier molecular flexibility index (Phi) is 3.67. The summed E-state index contributed by atoms with van der Waals surface area (Å²) in [6.45, 7) is 2.04. The minimum absolute atomic E-state index is 0.329. The Morgan fingerprint density at radius 3 is 2.75 bits per heavy atom. The molecule has 0 saturated carbocycles. The van der Waals surface area contributed by atoms with E-state index in [1.54, 1.807) is 11.3 Å². The van der Waals surface area contributed by atoms with Crippen LogP contribution in [0.15, 0.2) is 46.3 Å². The van der Waals surface area contributed by atoms with Gasteiger partial charge in [0.15, 0.2) is 0 Å². The molecule has 0 radical (unpaired) electrons. The molecule has 2 aromatic heterocycles. The summed E-state index contributed by atoms with van der Waals surface area (Å²) >= 11 is 7.78. The van der Waals surface area contributed by atoms with Gasteiger partial charge < -0.3 is 4.52 Å². The first-order valence-corrected chi connectivity index (χ1v) is 7.30. The van der Waals surface area contributed by atoms with E-state index in [-0.39, 0.29) is 0 Å². The molecule has 0 aliphatic rings. The third kappa shape index (κ3) is 2.81. The van der Waals surface area contributed by atoms with E-state index in [2.05, 4.69) is 10.1 Å². The van der Waals surface area contributed by atoms with Crippen LogP contribution in [-0.2, 0) is 0 Å². The molecule has 3 aromatic rings. The van der Waals surface area contributed by atoms with Gasteiger partial charge in [-0.05, 0) is 30.0 Å². The first-order chi connectivity index (χ1) is 9.72. The number of thiophene rings is 1. The zero-order chi connectivity index (χ0) is 13.9. The highest BCUT2D eigenvalue weighted by Gasteiger charge is 2.11. The van der Waals surface area contributed by atoms with Crippen LogP contribution in [0.4, 0.5) is 0 Å². The smallest absolute Gasteiger partial charge is 0.269 e. The molecule has 0 amide bonds. The minimum Gasteiger partial charge on any atom is -0.333 e. The van der Waals surface area contributed by atoms with Gasteiger partial charge in [-0.3, -0.25) is 0 Å². The van der Waals surface area contributed by atoms with E-state index in [0.717, 1.165) is 10.4 Å². The van der Waals surface area contributed by atoms with Crippen molar-refractivity contribution in [3.05, 3.63) is 58.8 Å². The molecule has 0 saturated heterocycles. The number of nitrogens with zero attached hydrogens (tertiary/aromatic N) is 2. The Hall–Kier alpha value is -1.91. The highest BCUT2D eigenvalue weighted by Crippen LogP contribution is 2.26. The van der Waals surface area contributed by atoms with Gasteiger partial charge in [-0.1, -0.05) is 52.7 Å². The Bertz CT molecular complexity index is 730. The molecule has 0 bridgehead atoms. The van der Waals surface area contributed by atoms with Crippen molar-refractivity contribution < 1.29 is 4.52 Å². The molecule has 20 heavy (non-hydrogen) atoms. The average molecular weight is 303 g/mol. The molecule has 5 heteroatoms. The number of aromatic nitrogens is 2. The number of hydrogen-bond acceptors (Lipinski definition) is 4. The van der Waals surface area contributed by atoms with E-state index in [0.29, 0.717) is 16.7 Å². The molecule has 3 nitrogen and oxygen atoms in total. The summed E-state index contributed by atoms with van der Waals surface area (Å²) in [7, 11) is 0. The van der Waals surface area contributed by atoms with Gasteiger partial charge in [0.2, 0.25) is 5.82 Å². The lowest BCUT2D eigenvalue weighted by Crippen LogP contribution is -1.79. The molecule has 0 aliphatic carbocycles. The third-order valence-electron chi connectivity index (χ3n) is 2.74. The van der Waals surface area contributed by atoms with Crippen LogP contribution in [0.5, 0.6) is 0 Å². The monoisotopic (exact) mass is 302 g/mol. The maximum absolute atomic E-state index is 6.22. The lowest BCUT2D eigenvalue weighted by atomic mass is 10.1. The molecule has 0 atom stereocenters. The van der Waals surface area contributed by atoms with Gasteiger partial charge in [-0.15, -0.1) is 11.3 Å². The summed E-state index contributed by atoms with van der Waals surface area (Å²) in [5, 5.41) is 6.34. The number of aryl methyl sites for hydroxylation is 1. The van der Waals surface area contributed by atoms with Crippen molar-refractivity contribution in [1.82, 2.24) is 10.1 Å². The van der Waals surface area contributed by atoms with Crippen molar-refractivity contribution in [3.8, 4) is 10.7 Å². The first kappa shape index (κ1) is 13.1. The van der Waals surface area contributed by atoms with Crippen LogP contribution in [0, 0.1) is 6.92 Å². The van der Waals surface area contributed by atoms with Gasteiger partial charge in [-0.2, -0.15) is 4.98 Å². The fourth-order valence-corrected chi connectivity index (χ4v) is 2.55. The number of hydrogen-bond donors (Lipinski definition) is 0. The number of benzene rings is 1. The maximum atomic E-state index is 6.22. The van der Waals surface area contributed by atoms with Gasteiger partial charge >= 0.3 is 0 Å². The van der Waals surface area contributed by atoms with Gasteiger partial charge in [0.25, 0.3) is 5.89 Å². The van der Waals surface area contributed by atoms with Crippen LogP contribution in [0.3, 0.4) is 0 Å². The van der Waals surface area contributed by atoms with Crippen LogP contribution in [0.2, 0.25) is 0 Å². The van der Waals surface area contributed by atoms with Gasteiger partial charge in [0, 0.05) is 0 Å². The zero-order valence-electron chi connectivity index (χ0n) is 10.7. The lowest BCUT2D eigenvalue weighted by Gasteiger charge is -1.95. The molecule has 3 rings (SSSR count). The SMILES string of the molecule is Cc1ccc(C=C(Cl)c2nc(-c3cccs3)no2)cc1. The number of halogens is 1. The largest absolute Gasteiger partial charge is 0.333 e. The van der Waals surface area contributed by atoms with E-state index in [1.807, 2.05) is 54.8 Å². The van der Waals surface area contributed by atoms with E-state index >= 15 is 0 Å². The lowest BCUT2D eigenvalue weighted by molar-refractivity contribution is 0.410. The molecule has 2 heterocycles. The van der Waals surface area contributed by atoms with Crippen molar-refractivity contribution in [2.75, 3.05) is 0 Å². The van der Waals surface area contributed by atoms with Crippen LogP contribution < -0.4 is 0 Å². The highest BCUT2D eigenvalue weighted by molar-refractivity contribution is 7.13. The van der Waals surface area contributed by atoms with E-state index in [4.69, 9.17) is 16.1 Å². The molecule has 0 aliphatic heterocycles. The van der Waals surface area contributed by atoms with Crippen LogP contribution in [-0.4, -0.2) is 10.1 Å². The second-order valence-corrected chi connectivity index (χ2v) is 5.66. The van der Waals surface area contributed by atoms with Crippen molar-refractivity contribution in [3.63, 3.8) is 0 Å². The Balaban J connectivity index is 1.87. The molecule has 0 N–H and O–H groups in total. The second-order valence-electron chi connectivity index (χ2n) is 4.30. The van der Waals surface area contributed by atoms with E-state index in [9.17, 15) is 0 Å². The summed E-state index contributed by atoms with van der Waals surface area (Å²) in [6.07, 6.45) is 1.81. The van der Waals surface area contributed by atoms with E-state index in [1.165, 1.54) is 5.56 Å². The Morgan fingerprint density at radius 2 is 2.05 bits per heavy atom. The molecule has 0 unspecified atom stereocenters. The summed E-state index contributed by atoms with van der Waals surface area (Å²) in [6, 6.07) is 11.9. The second kappa shape index (κ2) is 5.61. The Labute approximate surface area is 125 Å². The van der Waals surface area contributed by atoms with Crippen molar-refractivity contribution >= 4 is 34.0 Å². The summed E-state index contributed by atoms with van der Waals surface area (Å²) in [5.41, 5.74) is 2.20. The predicted octanol–water partition coefficient (Wildman–Crippen LogP) is 4.84. The fraction of sp³-hybridized carbons (Fsp3) is 0.0667. The summed E-state index contributed by atoms with van der Waals surface area (Å²) in [4.78, 5) is 5.26. The first-order valence-electron chi connectivity index (χ1n) is 6.04. The zero-order valence-corrected chi connectivity index (χ0v) is 12.3. The number of rotatable bonds is 3. The van der Waals surface area contributed by atoms with Gasteiger partial charge in [0.05, 0.1) is 4.88 Å². The molecular formula is C15H11ClN2OS. The highest BCUT2D eigenvalue weighted by atomic mass is 35.5. The van der Waals surface area contributed by atoms with Crippen molar-refractivity contribution in [2.24, 2.45) is 0 Å². The third-order valence-corrected chi connectivity index (χ3v) is 3.88. The van der Waals surface area contributed by atoms with Crippen LogP contribution in [0.25, 0.3) is 21.8 Å². The standard InChI is InChI=1S/C15H11ClN2OS/c1-10-4-6-11(7-5-10)9-12(16)15-17-14(18-19-15)13-3-2-8-20-13/h2-9H,1H3. The minimum atomic E-state index is 0.329. The topological polar surface area (TPSA) is 38.9 Å². The fourth-order valence-electron chi connectivity index (χ4n) is 1.70. The van der Waals surface area contributed by atoms with E-state index < -0.39 is 0 Å².